The summed E-state index contributed by atoms with van der Waals surface area (Å²) < 4.78 is 0. The summed E-state index contributed by atoms with van der Waals surface area (Å²) in [5.74, 6) is 0.965. The summed E-state index contributed by atoms with van der Waals surface area (Å²) >= 11 is 1.49. The van der Waals surface area contributed by atoms with Crippen LogP contribution in [0.5, 0.6) is 0 Å². The number of hydrogen-bond donors (Lipinski definition) is 1. The van der Waals surface area contributed by atoms with Crippen molar-refractivity contribution in [3.63, 3.8) is 0 Å². The molecule has 0 aromatic heterocycles. The van der Waals surface area contributed by atoms with E-state index in [4.69, 9.17) is 11.0 Å². The van der Waals surface area contributed by atoms with E-state index in [-0.39, 0.29) is 18.0 Å². The molecule has 0 unspecified atom stereocenters. The highest BCUT2D eigenvalue weighted by Gasteiger charge is 2.17. The van der Waals surface area contributed by atoms with Gasteiger partial charge in [-0.3, -0.25) is 9.69 Å². The van der Waals surface area contributed by atoms with Gasteiger partial charge in [0.2, 0.25) is 5.91 Å². The predicted molar refractivity (Wildman–Crippen MR) is 80.0 cm³/mol. The minimum atomic E-state index is -0.294. The third kappa shape index (κ3) is 5.77. The molecular formula is C14H19N3OS. The Balaban J connectivity index is 2.63. The lowest BCUT2D eigenvalue weighted by Crippen LogP contribution is -2.37. The molecule has 0 heterocycles. The van der Waals surface area contributed by atoms with Crippen LogP contribution in [0.1, 0.15) is 13.8 Å². The number of hydrogen-bond acceptors (Lipinski definition) is 4. The van der Waals surface area contributed by atoms with Crippen LogP contribution in [0.25, 0.3) is 0 Å². The highest BCUT2D eigenvalue weighted by molar-refractivity contribution is 8.00. The van der Waals surface area contributed by atoms with Crippen molar-refractivity contribution in [3.05, 3.63) is 30.3 Å². The van der Waals surface area contributed by atoms with Crippen LogP contribution in [0, 0.1) is 11.3 Å². The highest BCUT2D eigenvalue weighted by Crippen LogP contribution is 2.16. The summed E-state index contributed by atoms with van der Waals surface area (Å²) in [6.07, 6.45) is 0. The van der Waals surface area contributed by atoms with E-state index in [1.165, 1.54) is 16.7 Å². The molecule has 5 heteroatoms. The Morgan fingerprint density at radius 1 is 1.42 bits per heavy atom. The van der Waals surface area contributed by atoms with Gasteiger partial charge < -0.3 is 5.73 Å². The molecule has 19 heavy (non-hydrogen) atoms. The number of amides is 1. The van der Waals surface area contributed by atoms with Gasteiger partial charge in [0.05, 0.1) is 11.8 Å². The van der Waals surface area contributed by atoms with Crippen molar-refractivity contribution in [2.75, 3.05) is 23.0 Å². The van der Waals surface area contributed by atoms with Crippen molar-refractivity contribution in [2.45, 2.75) is 19.4 Å². The smallest absolute Gasteiger partial charge is 0.237 e. The molecule has 4 nitrogen and oxygen atoms in total. The Bertz CT molecular complexity index is 448. The average molecular weight is 277 g/mol. The summed E-state index contributed by atoms with van der Waals surface area (Å²) in [6, 6.07) is 11.3. The van der Waals surface area contributed by atoms with Gasteiger partial charge in [0, 0.05) is 17.0 Å². The Kier molecular flexibility index (Phi) is 5.87. The van der Waals surface area contributed by atoms with Gasteiger partial charge in [-0.25, -0.2) is 0 Å². The topological polar surface area (TPSA) is 70.1 Å². The molecule has 0 radical (unpaired) electrons. The molecule has 0 spiro atoms. The molecule has 0 bridgehead atoms. The molecule has 2 N–H and O–H groups in total. The lowest BCUT2D eigenvalue weighted by Gasteiger charge is -2.21. The highest BCUT2D eigenvalue weighted by atomic mass is 32.2. The number of anilines is 1. The van der Waals surface area contributed by atoms with Gasteiger partial charge in [-0.1, -0.05) is 18.2 Å². The second-order valence-corrected chi connectivity index (χ2v) is 5.94. The number of para-hydroxylation sites is 1. The SMILES string of the molecule is CC(C)(N)CSCC(=O)N(CC#N)c1ccccc1. The fraction of sp³-hybridized carbons (Fsp3) is 0.429. The third-order valence-electron chi connectivity index (χ3n) is 2.30. The summed E-state index contributed by atoms with van der Waals surface area (Å²) in [5.41, 5.74) is 6.33. The van der Waals surface area contributed by atoms with E-state index in [9.17, 15) is 4.79 Å². The van der Waals surface area contributed by atoms with E-state index in [1.54, 1.807) is 0 Å². The first kappa shape index (κ1) is 15.5. The van der Waals surface area contributed by atoms with Crippen LogP contribution < -0.4 is 10.6 Å². The van der Waals surface area contributed by atoms with Crippen LogP contribution in [-0.4, -0.2) is 29.5 Å². The summed E-state index contributed by atoms with van der Waals surface area (Å²) in [6.45, 7) is 3.92. The Hall–Kier alpha value is -1.51. The van der Waals surface area contributed by atoms with Gasteiger partial charge in [0.25, 0.3) is 0 Å². The molecule has 0 aliphatic heterocycles. The van der Waals surface area contributed by atoms with Crippen LogP contribution in [0.2, 0.25) is 0 Å². The maximum atomic E-state index is 12.1. The maximum absolute atomic E-state index is 12.1. The van der Waals surface area contributed by atoms with Crippen molar-refractivity contribution in [3.8, 4) is 6.07 Å². The zero-order chi connectivity index (χ0) is 14.3. The molecule has 1 aromatic rings. The van der Waals surface area contributed by atoms with Gasteiger partial charge in [0.1, 0.15) is 6.54 Å². The second kappa shape index (κ2) is 7.17. The monoisotopic (exact) mass is 277 g/mol. The van der Waals surface area contributed by atoms with Crippen molar-refractivity contribution in [1.82, 2.24) is 0 Å². The lowest BCUT2D eigenvalue weighted by molar-refractivity contribution is -0.116. The molecule has 0 saturated carbocycles. The normalized spacial score (nSPS) is 10.8. The number of benzene rings is 1. The second-order valence-electron chi connectivity index (χ2n) is 4.95. The van der Waals surface area contributed by atoms with Gasteiger partial charge in [-0.05, 0) is 26.0 Å². The molecule has 1 aromatic carbocycles. The standard InChI is InChI=1S/C14H19N3OS/c1-14(2,16)11-19-10-13(18)17(9-8-15)12-6-4-3-5-7-12/h3-7H,9-11,16H2,1-2H3. The predicted octanol–water partition coefficient (Wildman–Crippen LogP) is 2.01. The van der Waals surface area contributed by atoms with E-state index >= 15 is 0 Å². The first-order chi connectivity index (χ1) is 8.94. The summed E-state index contributed by atoms with van der Waals surface area (Å²) in [7, 11) is 0. The zero-order valence-corrected chi connectivity index (χ0v) is 12.1. The van der Waals surface area contributed by atoms with Gasteiger partial charge in [-0.15, -0.1) is 0 Å². The number of rotatable bonds is 6. The number of thioether (sulfide) groups is 1. The number of nitrogens with two attached hydrogens (primary N) is 1. The van der Waals surface area contributed by atoms with E-state index in [0.29, 0.717) is 11.5 Å². The first-order valence-corrected chi connectivity index (χ1v) is 7.18. The van der Waals surface area contributed by atoms with E-state index < -0.39 is 0 Å². The van der Waals surface area contributed by atoms with E-state index in [2.05, 4.69) is 0 Å². The molecule has 0 saturated heterocycles. The van der Waals surface area contributed by atoms with Crippen LogP contribution in [0.4, 0.5) is 5.69 Å². The Morgan fingerprint density at radius 2 is 2.05 bits per heavy atom. The molecule has 0 aliphatic rings. The molecule has 1 rings (SSSR count). The largest absolute Gasteiger partial charge is 0.325 e. The fourth-order valence-electron chi connectivity index (χ4n) is 1.48. The molecule has 0 fully saturated rings. The lowest BCUT2D eigenvalue weighted by atomic mass is 10.1. The molecule has 0 atom stereocenters. The number of nitrogens with zero attached hydrogens (tertiary/aromatic N) is 2. The zero-order valence-electron chi connectivity index (χ0n) is 11.3. The van der Waals surface area contributed by atoms with Crippen molar-refractivity contribution in [2.24, 2.45) is 5.73 Å². The van der Waals surface area contributed by atoms with Crippen molar-refractivity contribution < 1.29 is 4.79 Å². The van der Waals surface area contributed by atoms with Crippen LogP contribution in [0.15, 0.2) is 30.3 Å². The molecular weight excluding hydrogens is 258 g/mol. The fourth-order valence-corrected chi connectivity index (χ4v) is 2.44. The molecule has 0 aliphatic carbocycles. The van der Waals surface area contributed by atoms with Gasteiger partial charge in [0.15, 0.2) is 0 Å². The Labute approximate surface area is 118 Å². The van der Waals surface area contributed by atoms with E-state index in [1.807, 2.05) is 50.2 Å². The van der Waals surface area contributed by atoms with Crippen LogP contribution in [-0.2, 0) is 4.79 Å². The number of nitriles is 1. The minimum Gasteiger partial charge on any atom is -0.325 e. The average Bonchev–Trinajstić information content (AvgIpc) is 2.35. The number of carbonyl (C=O) groups is 1. The van der Waals surface area contributed by atoms with E-state index in [0.717, 1.165) is 5.69 Å². The van der Waals surface area contributed by atoms with Crippen LogP contribution in [0.3, 0.4) is 0 Å². The molecule has 1 amide bonds. The third-order valence-corrected chi connectivity index (χ3v) is 3.70. The number of carbonyl (C=O) groups excluding carboxylic acids is 1. The quantitative estimate of drug-likeness (QED) is 0.808. The van der Waals surface area contributed by atoms with Crippen molar-refractivity contribution in [1.29, 1.82) is 5.26 Å². The summed E-state index contributed by atoms with van der Waals surface area (Å²) in [4.78, 5) is 13.6. The van der Waals surface area contributed by atoms with Crippen molar-refractivity contribution >= 4 is 23.4 Å². The minimum absolute atomic E-state index is 0.0649. The van der Waals surface area contributed by atoms with Gasteiger partial charge >= 0.3 is 0 Å². The summed E-state index contributed by atoms with van der Waals surface area (Å²) in [5, 5.41) is 8.83. The molecule has 102 valence electrons. The maximum Gasteiger partial charge on any atom is 0.237 e. The Morgan fingerprint density at radius 3 is 2.58 bits per heavy atom. The van der Waals surface area contributed by atoms with Gasteiger partial charge in [-0.2, -0.15) is 17.0 Å². The van der Waals surface area contributed by atoms with Crippen LogP contribution >= 0.6 is 11.8 Å². The first-order valence-electron chi connectivity index (χ1n) is 6.03.